The van der Waals surface area contributed by atoms with Crippen molar-refractivity contribution >= 4 is 45.9 Å². The normalized spacial score (nSPS) is 10.9. The molecule has 25 heavy (non-hydrogen) atoms. The van der Waals surface area contributed by atoms with E-state index in [1.54, 1.807) is 31.2 Å². The number of nitrogen functional groups attached to an aromatic ring is 1. The van der Waals surface area contributed by atoms with Crippen LogP contribution >= 0.6 is 23.2 Å². The van der Waals surface area contributed by atoms with E-state index in [1.807, 2.05) is 0 Å². The summed E-state index contributed by atoms with van der Waals surface area (Å²) in [7, 11) is 0. The molecule has 1 heterocycles. The van der Waals surface area contributed by atoms with E-state index in [0.717, 1.165) is 0 Å². The second-order valence-corrected chi connectivity index (χ2v) is 6.13. The van der Waals surface area contributed by atoms with Crippen molar-refractivity contribution in [2.75, 3.05) is 5.73 Å². The molecule has 0 aliphatic heterocycles. The third-order valence-corrected chi connectivity index (χ3v) is 4.22. The molecule has 3 aromatic rings. The van der Waals surface area contributed by atoms with Gasteiger partial charge in [0.1, 0.15) is 17.4 Å². The zero-order valence-corrected chi connectivity index (χ0v) is 14.7. The van der Waals surface area contributed by atoms with Crippen molar-refractivity contribution in [2.45, 2.75) is 13.3 Å². The van der Waals surface area contributed by atoms with Crippen LogP contribution in [0.5, 0.6) is 5.75 Å². The van der Waals surface area contributed by atoms with Crippen molar-refractivity contribution < 1.29 is 13.9 Å². The minimum atomic E-state index is -0.538. The number of pyridine rings is 1. The number of hydrogen-bond acceptors (Lipinski definition) is 4. The monoisotopic (exact) mass is 378 g/mol. The number of rotatable bonds is 3. The first kappa shape index (κ1) is 17.5. The first-order chi connectivity index (χ1) is 11.9. The summed E-state index contributed by atoms with van der Waals surface area (Å²) in [6.07, 6.45) is 0.237. The highest BCUT2D eigenvalue weighted by atomic mass is 35.5. The van der Waals surface area contributed by atoms with Crippen LogP contribution in [0.3, 0.4) is 0 Å². The number of carbonyl (C=O) groups is 1. The van der Waals surface area contributed by atoms with Crippen LogP contribution in [0.4, 0.5) is 10.2 Å². The van der Waals surface area contributed by atoms with Crippen molar-refractivity contribution in [2.24, 2.45) is 0 Å². The molecule has 0 amide bonds. The third-order valence-electron chi connectivity index (χ3n) is 3.63. The number of aromatic nitrogens is 1. The zero-order chi connectivity index (χ0) is 18.1. The van der Waals surface area contributed by atoms with E-state index in [0.29, 0.717) is 27.8 Å². The molecule has 0 aliphatic rings. The van der Waals surface area contributed by atoms with E-state index < -0.39 is 5.82 Å². The van der Waals surface area contributed by atoms with Gasteiger partial charge in [-0.05, 0) is 36.4 Å². The van der Waals surface area contributed by atoms with Gasteiger partial charge < -0.3 is 10.5 Å². The summed E-state index contributed by atoms with van der Waals surface area (Å²) < 4.78 is 18.8. The average Bonchev–Trinajstić information content (AvgIpc) is 2.55. The molecule has 128 valence electrons. The number of nitrogens with two attached hydrogens (primary N) is 1. The summed E-state index contributed by atoms with van der Waals surface area (Å²) >= 11 is 12.4. The number of esters is 1. The molecule has 2 N–H and O–H groups in total. The van der Waals surface area contributed by atoms with Crippen LogP contribution in [0.15, 0.2) is 36.4 Å². The highest BCUT2D eigenvalue weighted by Gasteiger charge is 2.17. The Balaban J connectivity index is 2.29. The summed E-state index contributed by atoms with van der Waals surface area (Å²) in [5, 5.41) is 0.868. The van der Waals surface area contributed by atoms with Gasteiger partial charge in [0.15, 0.2) is 0 Å². The molecule has 0 bridgehead atoms. The Hall–Kier alpha value is -2.37. The van der Waals surface area contributed by atoms with Crippen LogP contribution < -0.4 is 10.5 Å². The molecule has 0 spiro atoms. The predicted octanol–water partition coefficient (Wildman–Crippen LogP) is 5.25. The second-order valence-electron chi connectivity index (χ2n) is 5.32. The number of fused-ring (bicyclic) bond motifs is 1. The van der Waals surface area contributed by atoms with Crippen molar-refractivity contribution in [3.05, 3.63) is 52.3 Å². The van der Waals surface area contributed by atoms with Gasteiger partial charge >= 0.3 is 5.97 Å². The molecule has 0 radical (unpaired) electrons. The summed E-state index contributed by atoms with van der Waals surface area (Å²) in [6.45, 7) is 1.70. The molecule has 0 aliphatic carbocycles. The number of halogens is 3. The van der Waals surface area contributed by atoms with E-state index in [1.165, 1.54) is 12.1 Å². The minimum Gasteiger partial charge on any atom is -0.426 e. The molecule has 0 unspecified atom stereocenters. The Bertz CT molecular complexity index is 969. The summed E-state index contributed by atoms with van der Waals surface area (Å²) in [6, 6.07) is 8.93. The maximum Gasteiger partial charge on any atom is 0.310 e. The molecule has 0 fully saturated rings. The fraction of sp³-hybridized carbons (Fsp3) is 0.111. The molecule has 0 saturated carbocycles. The number of ether oxygens (including phenoxy) is 1. The van der Waals surface area contributed by atoms with Crippen LogP contribution in [-0.2, 0) is 4.79 Å². The van der Waals surface area contributed by atoms with Gasteiger partial charge in [-0.1, -0.05) is 30.1 Å². The average molecular weight is 379 g/mol. The maximum atomic E-state index is 13.5. The predicted molar refractivity (Wildman–Crippen MR) is 97.5 cm³/mol. The van der Waals surface area contributed by atoms with Crippen molar-refractivity contribution in [3.63, 3.8) is 0 Å². The lowest BCUT2D eigenvalue weighted by Gasteiger charge is -2.13. The van der Waals surface area contributed by atoms with Gasteiger partial charge in [0, 0.05) is 22.9 Å². The molecule has 3 rings (SSSR count). The maximum absolute atomic E-state index is 13.5. The summed E-state index contributed by atoms with van der Waals surface area (Å²) in [5.41, 5.74) is 7.25. The van der Waals surface area contributed by atoms with E-state index >= 15 is 0 Å². The Kier molecular flexibility index (Phi) is 4.79. The molecule has 2 aromatic carbocycles. The third kappa shape index (κ3) is 3.38. The van der Waals surface area contributed by atoms with Crippen LogP contribution in [0, 0.1) is 5.82 Å². The molecular weight excluding hydrogens is 366 g/mol. The number of anilines is 1. The van der Waals surface area contributed by atoms with Crippen molar-refractivity contribution in [3.8, 4) is 16.9 Å². The van der Waals surface area contributed by atoms with Gasteiger partial charge in [0.25, 0.3) is 0 Å². The highest BCUT2D eigenvalue weighted by Crippen LogP contribution is 2.41. The first-order valence-corrected chi connectivity index (χ1v) is 8.21. The number of nitrogens with zero attached hydrogens (tertiary/aromatic N) is 1. The Morgan fingerprint density at radius 1 is 1.20 bits per heavy atom. The lowest BCUT2D eigenvalue weighted by atomic mass is 10.0. The van der Waals surface area contributed by atoms with E-state index in [4.69, 9.17) is 33.7 Å². The fourth-order valence-corrected chi connectivity index (χ4v) is 3.16. The van der Waals surface area contributed by atoms with E-state index in [2.05, 4.69) is 4.98 Å². The summed E-state index contributed by atoms with van der Waals surface area (Å²) in [5.74, 6) is -0.276. The molecule has 4 nitrogen and oxygen atoms in total. The summed E-state index contributed by atoms with van der Waals surface area (Å²) in [4.78, 5) is 16.0. The number of carbonyl (C=O) groups excluding carboxylic acids is 1. The molecule has 0 atom stereocenters. The van der Waals surface area contributed by atoms with Gasteiger partial charge in [-0.3, -0.25) is 4.79 Å². The number of benzene rings is 2. The smallest absolute Gasteiger partial charge is 0.310 e. The standard InChI is InChI=1S/C18H13Cl2FN2O2/c1-2-16(24)25-14-5-3-11(18-10(14)4-6-15(22)23-18)17-12(19)7-9(21)8-13(17)20/h3-8H,2H2,1H3,(H2,22,23). The Morgan fingerprint density at radius 3 is 2.52 bits per heavy atom. The quantitative estimate of drug-likeness (QED) is 0.499. The van der Waals surface area contributed by atoms with Crippen LogP contribution in [0.1, 0.15) is 13.3 Å². The van der Waals surface area contributed by atoms with Crippen molar-refractivity contribution in [1.29, 1.82) is 0 Å². The Morgan fingerprint density at radius 2 is 1.88 bits per heavy atom. The SMILES string of the molecule is CCC(=O)Oc1ccc(-c2c(Cl)cc(F)cc2Cl)c2nc(N)ccc12. The lowest BCUT2D eigenvalue weighted by Crippen LogP contribution is -2.06. The van der Waals surface area contributed by atoms with Crippen LogP contribution in [0.2, 0.25) is 10.0 Å². The van der Waals surface area contributed by atoms with E-state index in [-0.39, 0.29) is 28.3 Å². The Labute approximate surface area is 153 Å². The zero-order valence-electron chi connectivity index (χ0n) is 13.1. The minimum absolute atomic E-state index is 0.147. The topological polar surface area (TPSA) is 65.2 Å². The van der Waals surface area contributed by atoms with Gasteiger partial charge in [-0.2, -0.15) is 0 Å². The van der Waals surface area contributed by atoms with Gasteiger partial charge in [0.2, 0.25) is 0 Å². The second kappa shape index (κ2) is 6.86. The van der Waals surface area contributed by atoms with Gasteiger partial charge in [-0.15, -0.1) is 0 Å². The van der Waals surface area contributed by atoms with Crippen LogP contribution in [0.25, 0.3) is 22.0 Å². The highest BCUT2D eigenvalue weighted by molar-refractivity contribution is 6.39. The van der Waals surface area contributed by atoms with Gasteiger partial charge in [0.05, 0.1) is 15.6 Å². The van der Waals surface area contributed by atoms with Gasteiger partial charge in [-0.25, -0.2) is 9.37 Å². The molecule has 7 heteroatoms. The lowest BCUT2D eigenvalue weighted by molar-refractivity contribution is -0.133. The largest absolute Gasteiger partial charge is 0.426 e. The van der Waals surface area contributed by atoms with Crippen molar-refractivity contribution in [1.82, 2.24) is 4.98 Å². The first-order valence-electron chi connectivity index (χ1n) is 7.45. The molecule has 0 saturated heterocycles. The fourth-order valence-electron chi connectivity index (χ4n) is 2.49. The number of hydrogen-bond donors (Lipinski definition) is 1. The molecular formula is C18H13Cl2FN2O2. The van der Waals surface area contributed by atoms with Crippen LogP contribution in [-0.4, -0.2) is 11.0 Å². The van der Waals surface area contributed by atoms with E-state index in [9.17, 15) is 9.18 Å². The molecule has 1 aromatic heterocycles.